The molecule has 2 N–H and O–H groups in total. The molecule has 0 saturated carbocycles. The van der Waals surface area contributed by atoms with Gasteiger partial charge in [-0.3, -0.25) is 4.79 Å². The fraction of sp³-hybridized carbons (Fsp3) is 0.409. The van der Waals surface area contributed by atoms with E-state index in [9.17, 15) is 4.79 Å². The van der Waals surface area contributed by atoms with Crippen LogP contribution >= 0.6 is 0 Å². The molecule has 3 heteroatoms. The first kappa shape index (κ1) is 17.7. The quantitative estimate of drug-likeness (QED) is 0.894. The lowest BCUT2D eigenvalue weighted by Gasteiger charge is -2.40. The number of hydrogen-bond acceptors (Lipinski definition) is 2. The Hall–Kier alpha value is -2.13. The molecule has 3 rings (SSSR count). The van der Waals surface area contributed by atoms with E-state index in [2.05, 4.69) is 45.0 Å². The summed E-state index contributed by atoms with van der Waals surface area (Å²) < 4.78 is 0. The van der Waals surface area contributed by atoms with Gasteiger partial charge in [-0.2, -0.15) is 0 Å². The molecule has 1 aliphatic rings. The smallest absolute Gasteiger partial charge is 0.228 e. The third-order valence-corrected chi connectivity index (χ3v) is 5.23. The summed E-state index contributed by atoms with van der Waals surface area (Å²) in [5.41, 5.74) is 11.9. The Morgan fingerprint density at radius 1 is 1.20 bits per heavy atom. The molecule has 2 aromatic carbocycles. The number of anilines is 1. The average Bonchev–Trinajstić information content (AvgIpc) is 2.58. The zero-order chi connectivity index (χ0) is 18.2. The maximum Gasteiger partial charge on any atom is 0.228 e. The van der Waals surface area contributed by atoms with Gasteiger partial charge in [0.05, 0.1) is 6.54 Å². The average molecular weight is 336 g/mol. The van der Waals surface area contributed by atoms with Crippen LogP contribution in [0.25, 0.3) is 0 Å². The molecule has 0 spiro atoms. The van der Waals surface area contributed by atoms with E-state index in [1.165, 1.54) is 11.1 Å². The van der Waals surface area contributed by atoms with E-state index in [1.54, 1.807) is 0 Å². The van der Waals surface area contributed by atoms with Crippen molar-refractivity contribution in [1.82, 2.24) is 0 Å². The Morgan fingerprint density at radius 3 is 2.48 bits per heavy atom. The van der Waals surface area contributed by atoms with Gasteiger partial charge in [-0.05, 0) is 41.7 Å². The van der Waals surface area contributed by atoms with E-state index in [0.29, 0.717) is 13.0 Å². The molecule has 0 aliphatic carbocycles. The number of rotatable bonds is 4. The zero-order valence-electron chi connectivity index (χ0n) is 15.7. The highest BCUT2D eigenvalue weighted by molar-refractivity contribution is 5.98. The summed E-state index contributed by atoms with van der Waals surface area (Å²) in [6.07, 6.45) is 1.49. The number of nitrogens with zero attached hydrogens (tertiary/aromatic N) is 1. The van der Waals surface area contributed by atoms with Gasteiger partial charge >= 0.3 is 0 Å². The van der Waals surface area contributed by atoms with Crippen LogP contribution in [-0.4, -0.2) is 5.91 Å². The fourth-order valence-corrected chi connectivity index (χ4v) is 3.79. The highest BCUT2D eigenvalue weighted by Gasteiger charge is 2.37. The summed E-state index contributed by atoms with van der Waals surface area (Å²) >= 11 is 0. The van der Waals surface area contributed by atoms with Crippen molar-refractivity contribution in [3.8, 4) is 0 Å². The molecule has 0 saturated heterocycles. The molecule has 3 nitrogen and oxygen atoms in total. The SMILES string of the molecule is CCc1cc2c(cc1[C@@H](C)N)N(Cc1ccccc1)C(=O)CC2(C)C. The van der Waals surface area contributed by atoms with Crippen molar-refractivity contribution in [2.45, 2.75) is 58.5 Å². The summed E-state index contributed by atoms with van der Waals surface area (Å²) in [7, 11) is 0. The van der Waals surface area contributed by atoms with E-state index in [4.69, 9.17) is 5.73 Å². The first-order valence-electron chi connectivity index (χ1n) is 9.10. The highest BCUT2D eigenvalue weighted by Crippen LogP contribution is 2.43. The Kier molecular flexibility index (Phi) is 4.70. The van der Waals surface area contributed by atoms with Gasteiger partial charge in [-0.1, -0.05) is 57.2 Å². The first-order chi connectivity index (χ1) is 11.8. The monoisotopic (exact) mass is 336 g/mol. The van der Waals surface area contributed by atoms with Gasteiger partial charge in [0.15, 0.2) is 0 Å². The van der Waals surface area contributed by atoms with Crippen molar-refractivity contribution in [1.29, 1.82) is 0 Å². The van der Waals surface area contributed by atoms with Crippen molar-refractivity contribution in [2.75, 3.05) is 4.90 Å². The van der Waals surface area contributed by atoms with Crippen LogP contribution in [0, 0.1) is 0 Å². The molecule has 1 atom stereocenters. The van der Waals surface area contributed by atoms with Gasteiger partial charge in [-0.25, -0.2) is 0 Å². The highest BCUT2D eigenvalue weighted by atomic mass is 16.2. The van der Waals surface area contributed by atoms with Crippen LogP contribution in [-0.2, 0) is 23.2 Å². The van der Waals surface area contributed by atoms with Gasteiger partial charge in [0, 0.05) is 23.6 Å². The molecule has 132 valence electrons. The Bertz CT molecular complexity index is 778. The number of nitrogens with two attached hydrogens (primary N) is 1. The maximum atomic E-state index is 12.9. The summed E-state index contributed by atoms with van der Waals surface area (Å²) in [4.78, 5) is 14.8. The number of amides is 1. The summed E-state index contributed by atoms with van der Waals surface area (Å²) in [5, 5.41) is 0. The van der Waals surface area contributed by atoms with Crippen LogP contribution < -0.4 is 10.6 Å². The molecule has 0 bridgehead atoms. The van der Waals surface area contributed by atoms with Crippen LogP contribution in [0.1, 0.15) is 62.4 Å². The summed E-state index contributed by atoms with van der Waals surface area (Å²) in [5.74, 6) is 0.182. The first-order valence-corrected chi connectivity index (χ1v) is 9.10. The van der Waals surface area contributed by atoms with Crippen LogP contribution in [0.3, 0.4) is 0 Å². The van der Waals surface area contributed by atoms with Gasteiger partial charge < -0.3 is 10.6 Å². The minimum absolute atomic E-state index is 0.0426. The minimum atomic E-state index is -0.153. The number of hydrogen-bond donors (Lipinski definition) is 1. The lowest BCUT2D eigenvalue weighted by molar-refractivity contribution is -0.120. The van der Waals surface area contributed by atoms with Crippen molar-refractivity contribution < 1.29 is 4.79 Å². The fourth-order valence-electron chi connectivity index (χ4n) is 3.79. The lowest BCUT2D eigenvalue weighted by Crippen LogP contribution is -2.41. The normalized spacial score (nSPS) is 17.3. The molecule has 0 radical (unpaired) electrons. The second-order valence-electron chi connectivity index (χ2n) is 7.74. The lowest BCUT2D eigenvalue weighted by atomic mass is 9.75. The molecule has 0 unspecified atom stereocenters. The molecule has 25 heavy (non-hydrogen) atoms. The predicted molar refractivity (Wildman–Crippen MR) is 104 cm³/mol. The number of carbonyl (C=O) groups is 1. The zero-order valence-corrected chi connectivity index (χ0v) is 15.7. The number of fused-ring (bicyclic) bond motifs is 1. The molecular formula is C22H28N2O. The van der Waals surface area contributed by atoms with Gasteiger partial charge in [0.2, 0.25) is 5.91 Å². The predicted octanol–water partition coefficient (Wildman–Crippen LogP) is 4.48. The Balaban J connectivity index is 2.13. The molecule has 1 heterocycles. The van der Waals surface area contributed by atoms with Crippen LogP contribution in [0.4, 0.5) is 5.69 Å². The Labute approximate surface area is 150 Å². The van der Waals surface area contributed by atoms with Crippen LogP contribution in [0.15, 0.2) is 42.5 Å². The van der Waals surface area contributed by atoms with Gasteiger partial charge in [0.1, 0.15) is 0 Å². The van der Waals surface area contributed by atoms with Gasteiger partial charge in [0.25, 0.3) is 0 Å². The van der Waals surface area contributed by atoms with Crippen molar-refractivity contribution in [3.05, 3.63) is 64.7 Å². The number of aryl methyl sites for hydroxylation is 1. The molecule has 1 aliphatic heterocycles. The molecule has 2 aromatic rings. The van der Waals surface area contributed by atoms with Crippen molar-refractivity contribution >= 4 is 11.6 Å². The standard InChI is InChI=1S/C22H28N2O/c1-5-17-11-19-20(12-18(17)15(2)23)24(21(25)13-22(19,3)4)14-16-9-7-6-8-10-16/h6-12,15H,5,13-14,23H2,1-4H3/t15-/m1/s1. The van der Waals surface area contributed by atoms with Crippen LogP contribution in [0.2, 0.25) is 0 Å². The Morgan fingerprint density at radius 2 is 1.88 bits per heavy atom. The van der Waals surface area contributed by atoms with E-state index >= 15 is 0 Å². The van der Waals surface area contributed by atoms with E-state index in [-0.39, 0.29) is 17.4 Å². The summed E-state index contributed by atoms with van der Waals surface area (Å²) in [6.45, 7) is 9.10. The number of benzene rings is 2. The van der Waals surface area contributed by atoms with Crippen LogP contribution in [0.5, 0.6) is 0 Å². The molecule has 0 aromatic heterocycles. The third-order valence-electron chi connectivity index (χ3n) is 5.23. The molecule has 0 fully saturated rings. The van der Waals surface area contributed by atoms with E-state index < -0.39 is 0 Å². The maximum absolute atomic E-state index is 12.9. The minimum Gasteiger partial charge on any atom is -0.324 e. The van der Waals surface area contributed by atoms with Crippen molar-refractivity contribution in [3.63, 3.8) is 0 Å². The second-order valence-corrected chi connectivity index (χ2v) is 7.74. The van der Waals surface area contributed by atoms with Crippen molar-refractivity contribution in [2.24, 2.45) is 5.73 Å². The number of carbonyl (C=O) groups excluding carboxylic acids is 1. The second kappa shape index (κ2) is 6.64. The van der Waals surface area contributed by atoms with E-state index in [1.807, 2.05) is 30.0 Å². The molecule has 1 amide bonds. The van der Waals surface area contributed by atoms with Gasteiger partial charge in [-0.15, -0.1) is 0 Å². The topological polar surface area (TPSA) is 46.3 Å². The largest absolute Gasteiger partial charge is 0.324 e. The molecular weight excluding hydrogens is 308 g/mol. The summed E-state index contributed by atoms with van der Waals surface area (Å²) in [6, 6.07) is 14.6. The van der Waals surface area contributed by atoms with E-state index in [0.717, 1.165) is 23.2 Å². The third kappa shape index (κ3) is 3.34.